The van der Waals surface area contributed by atoms with Gasteiger partial charge in [-0.1, -0.05) is 30.3 Å². The van der Waals surface area contributed by atoms with Crippen LogP contribution < -0.4 is 0 Å². The number of rotatable bonds is 6. The molecule has 1 fully saturated rings. The van der Waals surface area contributed by atoms with Crippen molar-refractivity contribution in [2.75, 3.05) is 39.8 Å². The van der Waals surface area contributed by atoms with E-state index in [2.05, 4.69) is 35.8 Å². The number of hydrogen-bond acceptors (Lipinski definition) is 4. The molecule has 0 aromatic heterocycles. The highest BCUT2D eigenvalue weighted by Gasteiger charge is 2.35. The van der Waals surface area contributed by atoms with Crippen LogP contribution in [0.1, 0.15) is 26.3 Å². The van der Waals surface area contributed by atoms with Gasteiger partial charge in [0, 0.05) is 51.7 Å². The molecule has 1 atom stereocenters. The predicted molar refractivity (Wildman–Crippen MR) is 96.7 cm³/mol. The molecule has 1 aliphatic heterocycles. The number of piperazine rings is 1. The number of nitrogens with zero attached hydrogens (tertiary/aromatic N) is 3. The Hall–Kier alpha value is -1.43. The first-order valence-electron chi connectivity index (χ1n) is 8.69. The number of benzene rings is 1. The Morgan fingerprint density at radius 1 is 1.29 bits per heavy atom. The Bertz CT molecular complexity index is 533. The van der Waals surface area contributed by atoms with Crippen LogP contribution in [0.15, 0.2) is 30.3 Å². The number of aliphatic hydroxyl groups excluding tert-OH is 1. The molecule has 0 aliphatic carbocycles. The fraction of sp³-hybridized carbons (Fsp3) is 0.632. The monoisotopic (exact) mass is 333 g/mol. The first-order chi connectivity index (χ1) is 11.3. The van der Waals surface area contributed by atoms with Gasteiger partial charge in [0.2, 0.25) is 5.91 Å². The number of hydrogen-bond donors (Lipinski definition) is 1. The number of aliphatic hydroxyl groups is 1. The molecule has 5 nitrogen and oxygen atoms in total. The lowest BCUT2D eigenvalue weighted by atomic mass is 9.98. The third kappa shape index (κ3) is 5.30. The van der Waals surface area contributed by atoms with E-state index in [4.69, 9.17) is 0 Å². The molecule has 1 aromatic carbocycles. The normalized spacial score (nSPS) is 19.5. The molecule has 2 rings (SSSR count). The average Bonchev–Trinajstić information content (AvgIpc) is 2.49. The van der Waals surface area contributed by atoms with E-state index in [9.17, 15) is 9.90 Å². The summed E-state index contributed by atoms with van der Waals surface area (Å²) < 4.78 is 0. The number of likely N-dealkylation sites (N-methyl/N-ethyl adjacent to an activating group) is 1. The predicted octanol–water partition coefficient (Wildman–Crippen LogP) is 1.42. The van der Waals surface area contributed by atoms with Gasteiger partial charge < -0.3 is 10.0 Å². The van der Waals surface area contributed by atoms with E-state index in [1.54, 1.807) is 6.92 Å². The molecule has 5 heteroatoms. The third-order valence-corrected chi connectivity index (χ3v) is 4.77. The number of carbonyl (C=O) groups excluding carboxylic acids is 1. The van der Waals surface area contributed by atoms with Crippen LogP contribution in [0.2, 0.25) is 0 Å². The molecule has 24 heavy (non-hydrogen) atoms. The van der Waals surface area contributed by atoms with Gasteiger partial charge in [0.25, 0.3) is 0 Å². The van der Waals surface area contributed by atoms with Gasteiger partial charge in [-0.15, -0.1) is 0 Å². The van der Waals surface area contributed by atoms with Crippen molar-refractivity contribution in [3.63, 3.8) is 0 Å². The molecule has 1 unspecified atom stereocenters. The van der Waals surface area contributed by atoms with E-state index in [0.29, 0.717) is 13.1 Å². The summed E-state index contributed by atoms with van der Waals surface area (Å²) >= 11 is 0. The standard InChI is InChI=1S/C19H31N3O2/c1-16(23)21-10-11-22(19(2,3)15-21)14-18(24)13-20(4)12-17-8-6-5-7-9-17/h5-9,18,24H,10-15H2,1-4H3. The van der Waals surface area contributed by atoms with Gasteiger partial charge in [0.1, 0.15) is 0 Å². The maximum atomic E-state index is 11.6. The highest BCUT2D eigenvalue weighted by atomic mass is 16.3. The van der Waals surface area contributed by atoms with E-state index < -0.39 is 6.10 Å². The third-order valence-electron chi connectivity index (χ3n) is 4.77. The minimum absolute atomic E-state index is 0.108. The average molecular weight is 333 g/mol. The molecule has 0 radical (unpaired) electrons. The Morgan fingerprint density at radius 2 is 1.96 bits per heavy atom. The maximum Gasteiger partial charge on any atom is 0.219 e. The molecule has 0 spiro atoms. The van der Waals surface area contributed by atoms with Crippen molar-refractivity contribution in [3.05, 3.63) is 35.9 Å². The van der Waals surface area contributed by atoms with Crippen molar-refractivity contribution in [3.8, 4) is 0 Å². The largest absolute Gasteiger partial charge is 0.390 e. The van der Waals surface area contributed by atoms with Crippen LogP contribution in [0.25, 0.3) is 0 Å². The second kappa shape index (κ2) is 8.10. The number of β-amino-alcohol motifs (C(OH)–C–C–N with tert-alkyl or cyclic N) is 1. The van der Waals surface area contributed by atoms with Crippen molar-refractivity contribution in [1.82, 2.24) is 14.7 Å². The van der Waals surface area contributed by atoms with E-state index in [0.717, 1.165) is 26.2 Å². The van der Waals surface area contributed by atoms with Crippen LogP contribution in [-0.2, 0) is 11.3 Å². The maximum absolute atomic E-state index is 11.6. The fourth-order valence-electron chi connectivity index (χ4n) is 3.43. The topological polar surface area (TPSA) is 47.0 Å². The zero-order valence-corrected chi connectivity index (χ0v) is 15.4. The molecule has 134 valence electrons. The van der Waals surface area contributed by atoms with Gasteiger partial charge in [0.15, 0.2) is 0 Å². The highest BCUT2D eigenvalue weighted by molar-refractivity contribution is 5.73. The second-order valence-electron chi connectivity index (χ2n) is 7.54. The second-order valence-corrected chi connectivity index (χ2v) is 7.54. The Morgan fingerprint density at radius 3 is 2.54 bits per heavy atom. The van der Waals surface area contributed by atoms with Gasteiger partial charge in [-0.25, -0.2) is 0 Å². The van der Waals surface area contributed by atoms with Crippen LogP contribution in [-0.4, -0.2) is 77.1 Å². The zero-order valence-electron chi connectivity index (χ0n) is 15.4. The van der Waals surface area contributed by atoms with Crippen molar-refractivity contribution in [1.29, 1.82) is 0 Å². The van der Waals surface area contributed by atoms with Crippen molar-refractivity contribution >= 4 is 5.91 Å². The summed E-state index contributed by atoms with van der Waals surface area (Å²) in [5.74, 6) is 0.130. The van der Waals surface area contributed by atoms with Crippen molar-refractivity contribution in [2.45, 2.75) is 39.0 Å². The SMILES string of the molecule is CC(=O)N1CCN(CC(O)CN(C)Cc2ccccc2)C(C)(C)C1. The van der Waals surface area contributed by atoms with Gasteiger partial charge in [-0.2, -0.15) is 0 Å². The molecule has 1 heterocycles. The Labute approximate surface area is 145 Å². The summed E-state index contributed by atoms with van der Waals surface area (Å²) in [7, 11) is 2.04. The lowest BCUT2D eigenvalue weighted by molar-refractivity contribution is -0.134. The molecule has 1 amide bonds. The summed E-state index contributed by atoms with van der Waals surface area (Å²) in [6, 6.07) is 10.3. The summed E-state index contributed by atoms with van der Waals surface area (Å²) in [6.45, 7) is 10.3. The smallest absolute Gasteiger partial charge is 0.219 e. The summed E-state index contributed by atoms with van der Waals surface area (Å²) in [6.07, 6.45) is -0.401. The number of amides is 1. The quantitative estimate of drug-likeness (QED) is 0.855. The Balaban J connectivity index is 1.83. The van der Waals surface area contributed by atoms with Crippen molar-refractivity contribution in [2.24, 2.45) is 0 Å². The van der Waals surface area contributed by atoms with Gasteiger partial charge in [0.05, 0.1) is 6.10 Å². The van der Waals surface area contributed by atoms with E-state index >= 15 is 0 Å². The molecule has 1 saturated heterocycles. The lowest BCUT2D eigenvalue weighted by Crippen LogP contribution is -2.61. The summed E-state index contributed by atoms with van der Waals surface area (Å²) in [4.78, 5) is 17.9. The molecule has 0 saturated carbocycles. The molecular formula is C19H31N3O2. The van der Waals surface area contributed by atoms with E-state index in [1.807, 2.05) is 30.1 Å². The Kier molecular flexibility index (Phi) is 6.38. The number of carbonyl (C=O) groups is 1. The van der Waals surface area contributed by atoms with Crippen LogP contribution in [0.4, 0.5) is 0 Å². The lowest BCUT2D eigenvalue weighted by Gasteiger charge is -2.47. The van der Waals surface area contributed by atoms with Crippen molar-refractivity contribution < 1.29 is 9.90 Å². The van der Waals surface area contributed by atoms with Crippen LogP contribution in [0, 0.1) is 0 Å². The van der Waals surface area contributed by atoms with E-state index in [1.165, 1.54) is 5.56 Å². The van der Waals surface area contributed by atoms with Gasteiger partial charge in [-0.05, 0) is 26.5 Å². The first kappa shape index (κ1) is 18.9. The fourth-order valence-corrected chi connectivity index (χ4v) is 3.43. The van der Waals surface area contributed by atoms with Crippen LogP contribution >= 0.6 is 0 Å². The molecule has 1 aliphatic rings. The molecule has 1 aromatic rings. The van der Waals surface area contributed by atoms with Crippen LogP contribution in [0.5, 0.6) is 0 Å². The van der Waals surface area contributed by atoms with Crippen LogP contribution in [0.3, 0.4) is 0 Å². The molecule has 1 N–H and O–H groups in total. The van der Waals surface area contributed by atoms with E-state index in [-0.39, 0.29) is 11.4 Å². The minimum atomic E-state index is -0.401. The van der Waals surface area contributed by atoms with Gasteiger partial charge >= 0.3 is 0 Å². The van der Waals surface area contributed by atoms with Gasteiger partial charge in [-0.3, -0.25) is 14.6 Å². The first-order valence-corrected chi connectivity index (χ1v) is 8.69. The summed E-state index contributed by atoms with van der Waals surface area (Å²) in [5.41, 5.74) is 1.14. The highest BCUT2D eigenvalue weighted by Crippen LogP contribution is 2.21. The zero-order chi connectivity index (χ0) is 17.7. The molecular weight excluding hydrogens is 302 g/mol. The molecule has 0 bridgehead atoms. The minimum Gasteiger partial charge on any atom is -0.390 e. The summed E-state index contributed by atoms with van der Waals surface area (Å²) in [5, 5.41) is 10.5.